The highest BCUT2D eigenvalue weighted by Gasteiger charge is 2.21. The summed E-state index contributed by atoms with van der Waals surface area (Å²) >= 11 is 0. The van der Waals surface area contributed by atoms with Crippen LogP contribution in [0.25, 0.3) is 0 Å². The number of carbonyl (C=O) groups is 2. The van der Waals surface area contributed by atoms with Gasteiger partial charge in [-0.15, -0.1) is 0 Å². The predicted octanol–water partition coefficient (Wildman–Crippen LogP) is 4.31. The van der Waals surface area contributed by atoms with Gasteiger partial charge in [-0.1, -0.05) is 36.4 Å². The van der Waals surface area contributed by atoms with Crippen molar-refractivity contribution in [1.82, 2.24) is 0 Å². The molecule has 0 saturated heterocycles. The average molecular weight is 343 g/mol. The molecular formula is C19H21NO5. The van der Waals surface area contributed by atoms with Crippen molar-refractivity contribution in [3.63, 3.8) is 0 Å². The summed E-state index contributed by atoms with van der Waals surface area (Å²) in [7, 11) is 0. The van der Waals surface area contributed by atoms with Crippen molar-refractivity contribution in [3.05, 3.63) is 59.7 Å². The van der Waals surface area contributed by atoms with E-state index < -0.39 is 17.7 Å². The molecule has 0 heterocycles. The SMILES string of the molecule is CC(C)(C)OC(=O)Nc1c(OCc2ccccc2)cccc1C(=O)O. The second kappa shape index (κ2) is 7.70. The van der Waals surface area contributed by atoms with Crippen LogP contribution in [0.4, 0.5) is 10.5 Å². The fourth-order valence-electron chi connectivity index (χ4n) is 2.10. The van der Waals surface area contributed by atoms with Gasteiger partial charge in [0.2, 0.25) is 0 Å². The van der Waals surface area contributed by atoms with Gasteiger partial charge in [0.1, 0.15) is 23.6 Å². The van der Waals surface area contributed by atoms with Gasteiger partial charge in [-0.3, -0.25) is 5.32 Å². The number of hydrogen-bond acceptors (Lipinski definition) is 4. The number of para-hydroxylation sites is 1. The van der Waals surface area contributed by atoms with Gasteiger partial charge in [0.25, 0.3) is 0 Å². The number of benzene rings is 2. The van der Waals surface area contributed by atoms with Gasteiger partial charge >= 0.3 is 12.1 Å². The van der Waals surface area contributed by atoms with Crippen molar-refractivity contribution >= 4 is 17.7 Å². The van der Waals surface area contributed by atoms with E-state index in [0.29, 0.717) is 0 Å². The van der Waals surface area contributed by atoms with Crippen LogP contribution in [0.3, 0.4) is 0 Å². The summed E-state index contributed by atoms with van der Waals surface area (Å²) in [6.07, 6.45) is -0.745. The molecule has 2 aromatic rings. The molecule has 0 bridgehead atoms. The van der Waals surface area contributed by atoms with E-state index in [1.54, 1.807) is 32.9 Å². The van der Waals surface area contributed by atoms with Gasteiger partial charge in [0.05, 0.1) is 5.56 Å². The highest BCUT2D eigenvalue weighted by atomic mass is 16.6. The van der Waals surface area contributed by atoms with E-state index in [2.05, 4.69) is 5.32 Å². The number of rotatable bonds is 5. The molecule has 2 N–H and O–H groups in total. The minimum atomic E-state index is -1.17. The van der Waals surface area contributed by atoms with Crippen LogP contribution in [0.5, 0.6) is 5.75 Å². The van der Waals surface area contributed by atoms with Crippen LogP contribution in [0.15, 0.2) is 48.5 Å². The molecule has 25 heavy (non-hydrogen) atoms. The summed E-state index contributed by atoms with van der Waals surface area (Å²) < 4.78 is 10.9. The number of hydrogen-bond donors (Lipinski definition) is 2. The number of nitrogens with one attached hydrogen (secondary N) is 1. The number of carboxylic acid groups (broad SMARTS) is 1. The first kappa shape index (κ1) is 18.3. The number of aromatic carboxylic acids is 1. The summed E-state index contributed by atoms with van der Waals surface area (Å²) in [6.45, 7) is 5.42. The third-order valence-electron chi connectivity index (χ3n) is 3.12. The van der Waals surface area contributed by atoms with E-state index in [0.717, 1.165) is 5.56 Å². The minimum absolute atomic E-state index is 0.0696. The maximum Gasteiger partial charge on any atom is 0.412 e. The maximum atomic E-state index is 12.0. The Labute approximate surface area is 146 Å². The molecule has 2 rings (SSSR count). The molecule has 0 spiro atoms. The van der Waals surface area contributed by atoms with Gasteiger partial charge in [0, 0.05) is 0 Å². The van der Waals surface area contributed by atoms with Crippen LogP contribution < -0.4 is 10.1 Å². The minimum Gasteiger partial charge on any atom is -0.487 e. The van der Waals surface area contributed by atoms with Crippen LogP contribution in [0.2, 0.25) is 0 Å². The Balaban J connectivity index is 2.25. The smallest absolute Gasteiger partial charge is 0.412 e. The third kappa shape index (κ3) is 5.53. The standard InChI is InChI=1S/C19H21NO5/c1-19(2,3)25-18(23)20-16-14(17(21)22)10-7-11-15(16)24-12-13-8-5-4-6-9-13/h4-11H,12H2,1-3H3,(H,20,23)(H,21,22). The van der Waals surface area contributed by atoms with E-state index in [-0.39, 0.29) is 23.6 Å². The summed E-state index contributed by atoms with van der Waals surface area (Å²) in [4.78, 5) is 23.5. The molecule has 6 nitrogen and oxygen atoms in total. The molecule has 0 unspecified atom stereocenters. The molecule has 6 heteroatoms. The summed E-state index contributed by atoms with van der Waals surface area (Å²) in [5.41, 5.74) is 0.218. The Bertz CT molecular complexity index is 750. The molecule has 0 aliphatic carbocycles. The highest BCUT2D eigenvalue weighted by molar-refractivity contribution is 6.00. The Morgan fingerprint density at radius 1 is 1.04 bits per heavy atom. The average Bonchev–Trinajstić information content (AvgIpc) is 2.52. The number of anilines is 1. The lowest BCUT2D eigenvalue weighted by atomic mass is 10.1. The molecule has 0 aromatic heterocycles. The zero-order valence-corrected chi connectivity index (χ0v) is 14.4. The zero-order chi connectivity index (χ0) is 18.4. The largest absolute Gasteiger partial charge is 0.487 e. The zero-order valence-electron chi connectivity index (χ0n) is 14.4. The Kier molecular flexibility index (Phi) is 5.64. The van der Waals surface area contributed by atoms with Crippen LogP contribution >= 0.6 is 0 Å². The predicted molar refractivity (Wildman–Crippen MR) is 94.0 cm³/mol. The normalized spacial score (nSPS) is 10.8. The van der Waals surface area contributed by atoms with Crippen molar-refractivity contribution < 1.29 is 24.2 Å². The van der Waals surface area contributed by atoms with E-state index in [9.17, 15) is 14.7 Å². The van der Waals surface area contributed by atoms with Crippen molar-refractivity contribution in [1.29, 1.82) is 0 Å². The van der Waals surface area contributed by atoms with Crippen molar-refractivity contribution in [2.75, 3.05) is 5.32 Å². The molecule has 0 atom stereocenters. The molecule has 0 radical (unpaired) electrons. The van der Waals surface area contributed by atoms with Crippen molar-refractivity contribution in [3.8, 4) is 5.75 Å². The first-order valence-corrected chi connectivity index (χ1v) is 7.79. The first-order chi connectivity index (χ1) is 11.8. The maximum absolute atomic E-state index is 12.0. The highest BCUT2D eigenvalue weighted by Crippen LogP contribution is 2.30. The molecule has 0 fully saturated rings. The fraction of sp³-hybridized carbons (Fsp3) is 0.263. The van der Waals surface area contributed by atoms with E-state index in [1.807, 2.05) is 30.3 Å². The van der Waals surface area contributed by atoms with Gasteiger partial charge in [-0.05, 0) is 38.5 Å². The summed E-state index contributed by atoms with van der Waals surface area (Å²) in [5, 5.41) is 11.9. The summed E-state index contributed by atoms with van der Waals surface area (Å²) in [5.74, 6) is -0.911. The lowest BCUT2D eigenvalue weighted by Crippen LogP contribution is -2.28. The topological polar surface area (TPSA) is 84.9 Å². The lowest BCUT2D eigenvalue weighted by Gasteiger charge is -2.21. The van der Waals surface area contributed by atoms with Gasteiger partial charge < -0.3 is 14.6 Å². The van der Waals surface area contributed by atoms with E-state index >= 15 is 0 Å². The van der Waals surface area contributed by atoms with Gasteiger partial charge in [0.15, 0.2) is 0 Å². The summed E-state index contributed by atoms with van der Waals surface area (Å²) in [6, 6.07) is 14.0. The number of ether oxygens (including phenoxy) is 2. The van der Waals surface area contributed by atoms with Crippen LogP contribution in [0, 0.1) is 0 Å². The molecular weight excluding hydrogens is 322 g/mol. The lowest BCUT2D eigenvalue weighted by molar-refractivity contribution is 0.0635. The molecule has 132 valence electrons. The van der Waals surface area contributed by atoms with Crippen molar-refractivity contribution in [2.24, 2.45) is 0 Å². The molecule has 0 aliphatic rings. The Morgan fingerprint density at radius 2 is 1.72 bits per heavy atom. The van der Waals surface area contributed by atoms with Crippen LogP contribution in [-0.2, 0) is 11.3 Å². The quantitative estimate of drug-likeness (QED) is 0.845. The number of carbonyl (C=O) groups excluding carboxylic acids is 1. The Hall–Kier alpha value is -3.02. The molecule has 2 aromatic carbocycles. The van der Waals surface area contributed by atoms with Crippen molar-refractivity contribution in [2.45, 2.75) is 33.0 Å². The van der Waals surface area contributed by atoms with Crippen LogP contribution in [-0.4, -0.2) is 22.8 Å². The molecule has 1 amide bonds. The van der Waals surface area contributed by atoms with E-state index in [1.165, 1.54) is 6.07 Å². The molecule has 0 aliphatic heterocycles. The fourth-order valence-corrected chi connectivity index (χ4v) is 2.10. The first-order valence-electron chi connectivity index (χ1n) is 7.79. The second-order valence-electron chi connectivity index (χ2n) is 6.39. The monoisotopic (exact) mass is 343 g/mol. The number of amides is 1. The van der Waals surface area contributed by atoms with E-state index in [4.69, 9.17) is 9.47 Å². The van der Waals surface area contributed by atoms with Gasteiger partial charge in [-0.25, -0.2) is 9.59 Å². The van der Waals surface area contributed by atoms with Gasteiger partial charge in [-0.2, -0.15) is 0 Å². The second-order valence-corrected chi connectivity index (χ2v) is 6.39. The Morgan fingerprint density at radius 3 is 2.32 bits per heavy atom. The molecule has 0 saturated carbocycles. The van der Waals surface area contributed by atoms with Crippen LogP contribution in [0.1, 0.15) is 36.7 Å². The third-order valence-corrected chi connectivity index (χ3v) is 3.12. The number of carboxylic acids is 1.